The van der Waals surface area contributed by atoms with Crippen LogP contribution in [0.25, 0.3) is 0 Å². The summed E-state index contributed by atoms with van der Waals surface area (Å²) in [4.78, 5) is 22.7. The molecule has 1 aliphatic carbocycles. The van der Waals surface area contributed by atoms with Crippen molar-refractivity contribution in [2.45, 2.75) is 31.7 Å². The maximum atomic E-state index is 13.6. The molecular formula is C25H28ClFN8. The predicted molar refractivity (Wildman–Crippen MR) is 136 cm³/mol. The average Bonchev–Trinajstić information content (AvgIpc) is 3.13. The molecule has 2 bridgehead atoms. The second-order valence-electron chi connectivity index (χ2n) is 10.3. The average molecular weight is 495 g/mol. The molecule has 2 aromatic heterocycles. The van der Waals surface area contributed by atoms with Gasteiger partial charge in [-0.05, 0) is 42.5 Å². The molecule has 4 aliphatic rings. The Labute approximate surface area is 209 Å². The fourth-order valence-electron chi connectivity index (χ4n) is 5.85. The van der Waals surface area contributed by atoms with E-state index in [1.54, 1.807) is 12.1 Å². The molecule has 3 aromatic rings. The van der Waals surface area contributed by atoms with Gasteiger partial charge in [-0.25, -0.2) is 14.4 Å². The Morgan fingerprint density at radius 1 is 1.09 bits per heavy atom. The highest BCUT2D eigenvalue weighted by atomic mass is 35.5. The number of hydrogen-bond acceptors (Lipinski definition) is 8. The van der Waals surface area contributed by atoms with Gasteiger partial charge in [0, 0.05) is 55.5 Å². The van der Waals surface area contributed by atoms with E-state index >= 15 is 0 Å². The largest absolute Gasteiger partial charge is 0.373 e. The molecule has 8 nitrogen and oxygen atoms in total. The van der Waals surface area contributed by atoms with Crippen LogP contribution in [0.5, 0.6) is 0 Å². The van der Waals surface area contributed by atoms with Gasteiger partial charge in [-0.3, -0.25) is 0 Å². The molecule has 1 saturated carbocycles. The summed E-state index contributed by atoms with van der Waals surface area (Å²) in [6.07, 6.45) is 2.69. The van der Waals surface area contributed by atoms with Crippen molar-refractivity contribution in [3.05, 3.63) is 53.2 Å². The first-order chi connectivity index (χ1) is 16.8. The summed E-state index contributed by atoms with van der Waals surface area (Å²) in [5.74, 6) is 3.89. The van der Waals surface area contributed by atoms with E-state index in [4.69, 9.17) is 21.6 Å². The molecule has 3 fully saturated rings. The van der Waals surface area contributed by atoms with Crippen molar-refractivity contribution in [3.63, 3.8) is 0 Å². The molecule has 1 aromatic carbocycles. The summed E-state index contributed by atoms with van der Waals surface area (Å²) < 4.78 is 13.6. The number of nitrogens with zero attached hydrogens (tertiary/aromatic N) is 6. The van der Waals surface area contributed by atoms with Crippen molar-refractivity contribution >= 4 is 40.7 Å². The molecule has 0 amide bonds. The van der Waals surface area contributed by atoms with E-state index in [1.165, 1.54) is 24.9 Å². The first-order valence-electron chi connectivity index (χ1n) is 11.9. The van der Waals surface area contributed by atoms with E-state index < -0.39 is 0 Å². The normalized spacial score (nSPS) is 24.1. The van der Waals surface area contributed by atoms with Gasteiger partial charge in [-0.2, -0.15) is 9.97 Å². The van der Waals surface area contributed by atoms with E-state index in [1.807, 2.05) is 13.1 Å². The van der Waals surface area contributed by atoms with Gasteiger partial charge in [0.1, 0.15) is 34.8 Å². The molecule has 5 heterocycles. The number of hydrogen-bond donors (Lipinski definition) is 2. The maximum Gasteiger partial charge on any atom is 0.226 e. The monoisotopic (exact) mass is 494 g/mol. The Morgan fingerprint density at radius 3 is 2.51 bits per heavy atom. The molecule has 3 aliphatic heterocycles. The number of anilines is 5. The van der Waals surface area contributed by atoms with Crippen molar-refractivity contribution < 1.29 is 4.39 Å². The Hall–Kier alpha value is -3.20. The Kier molecular flexibility index (Phi) is 5.21. The minimum Gasteiger partial charge on any atom is -0.373 e. The second-order valence-corrected chi connectivity index (χ2v) is 10.7. The minimum atomic E-state index is -0.247. The lowest BCUT2D eigenvalue weighted by molar-refractivity contribution is 0.129. The summed E-state index contributed by atoms with van der Waals surface area (Å²) in [7, 11) is 1.89. The highest BCUT2D eigenvalue weighted by molar-refractivity contribution is 6.29. The van der Waals surface area contributed by atoms with Gasteiger partial charge in [0.25, 0.3) is 0 Å². The second kappa shape index (κ2) is 8.19. The van der Waals surface area contributed by atoms with Gasteiger partial charge in [0.05, 0.1) is 0 Å². The van der Waals surface area contributed by atoms with Crippen LogP contribution in [0.15, 0.2) is 36.7 Å². The zero-order valence-corrected chi connectivity index (χ0v) is 20.7. The fourth-order valence-corrected chi connectivity index (χ4v) is 5.99. The number of fused-ring (bicyclic) bond motifs is 3. The molecule has 35 heavy (non-hydrogen) atoms. The van der Waals surface area contributed by atoms with Crippen LogP contribution in [-0.4, -0.2) is 52.7 Å². The summed E-state index contributed by atoms with van der Waals surface area (Å²) in [6.45, 7) is 6.93. The zero-order valence-electron chi connectivity index (χ0n) is 20.0. The van der Waals surface area contributed by atoms with Crippen molar-refractivity contribution in [3.8, 4) is 0 Å². The topological polar surface area (TPSA) is 82.1 Å². The quantitative estimate of drug-likeness (QED) is 0.503. The minimum absolute atomic E-state index is 0.160. The molecule has 0 spiro atoms. The molecule has 7 rings (SSSR count). The van der Waals surface area contributed by atoms with Crippen LogP contribution in [0.2, 0.25) is 5.15 Å². The van der Waals surface area contributed by atoms with Crippen molar-refractivity contribution in [1.29, 1.82) is 0 Å². The van der Waals surface area contributed by atoms with Crippen LogP contribution >= 0.6 is 11.6 Å². The smallest absolute Gasteiger partial charge is 0.226 e. The lowest BCUT2D eigenvalue weighted by atomic mass is 9.66. The van der Waals surface area contributed by atoms with Crippen LogP contribution < -0.4 is 20.4 Å². The molecule has 2 N–H and O–H groups in total. The van der Waals surface area contributed by atoms with E-state index in [2.05, 4.69) is 44.2 Å². The molecule has 2 atom stereocenters. The van der Waals surface area contributed by atoms with E-state index in [-0.39, 0.29) is 11.2 Å². The summed E-state index contributed by atoms with van der Waals surface area (Å²) >= 11 is 6.07. The van der Waals surface area contributed by atoms with Gasteiger partial charge < -0.3 is 20.4 Å². The lowest BCUT2D eigenvalue weighted by Crippen LogP contribution is -2.61. The van der Waals surface area contributed by atoms with Gasteiger partial charge in [0.15, 0.2) is 0 Å². The van der Waals surface area contributed by atoms with Crippen LogP contribution in [0.1, 0.15) is 25.8 Å². The molecule has 182 valence electrons. The van der Waals surface area contributed by atoms with Crippen LogP contribution in [0.4, 0.5) is 33.5 Å². The number of rotatable bonds is 5. The number of aromatic nitrogens is 4. The fraction of sp³-hybridized carbons (Fsp3) is 0.440. The third-order valence-corrected chi connectivity index (χ3v) is 7.73. The standard InChI is InChI=1S/C25H28ClFN8/c1-25(2)12-35(17-6-4-16(27)5-7-17)23-20(25)22(28-3)32-24(33-23)31-21-14-8-15(21)11-34(10-14)19-9-18(26)29-13-30-19/h4-7,9,13-15,21H,8,10-12H2,1-3H3,(H2,28,31,32,33). The van der Waals surface area contributed by atoms with Crippen molar-refractivity contribution in [2.24, 2.45) is 11.8 Å². The third kappa shape index (κ3) is 3.82. The SMILES string of the molecule is CNc1nc(NC2C3CC2CN(c2cc(Cl)ncn2)C3)nc2c1C(C)(C)CN2c1ccc(F)cc1. The van der Waals surface area contributed by atoms with Crippen LogP contribution in [-0.2, 0) is 5.41 Å². The molecule has 10 heteroatoms. The van der Waals surface area contributed by atoms with E-state index in [0.29, 0.717) is 29.0 Å². The van der Waals surface area contributed by atoms with Crippen LogP contribution in [0.3, 0.4) is 0 Å². The molecular weight excluding hydrogens is 467 g/mol. The summed E-state index contributed by atoms with van der Waals surface area (Å²) in [5.41, 5.74) is 1.84. The van der Waals surface area contributed by atoms with E-state index in [9.17, 15) is 4.39 Å². The Balaban J connectivity index is 1.27. The number of benzene rings is 1. The van der Waals surface area contributed by atoms with Gasteiger partial charge in [0.2, 0.25) is 5.95 Å². The highest BCUT2D eigenvalue weighted by Crippen LogP contribution is 2.47. The zero-order chi connectivity index (χ0) is 24.3. The number of halogens is 2. The first-order valence-corrected chi connectivity index (χ1v) is 12.3. The van der Waals surface area contributed by atoms with Crippen molar-refractivity contribution in [1.82, 2.24) is 19.9 Å². The third-order valence-electron chi connectivity index (χ3n) is 7.52. The Bertz CT molecular complexity index is 1250. The van der Waals surface area contributed by atoms with Crippen LogP contribution in [0, 0.1) is 17.7 Å². The lowest BCUT2D eigenvalue weighted by Gasteiger charge is -2.54. The van der Waals surface area contributed by atoms with Crippen molar-refractivity contribution in [2.75, 3.05) is 47.1 Å². The van der Waals surface area contributed by atoms with Gasteiger partial charge >= 0.3 is 0 Å². The number of nitrogens with one attached hydrogen (secondary N) is 2. The first kappa shape index (κ1) is 22.3. The van der Waals surface area contributed by atoms with E-state index in [0.717, 1.165) is 48.3 Å². The Morgan fingerprint density at radius 2 is 1.83 bits per heavy atom. The molecule has 0 radical (unpaired) electrons. The summed E-state index contributed by atoms with van der Waals surface area (Å²) in [5, 5.41) is 7.39. The number of piperidine rings is 2. The van der Waals surface area contributed by atoms with Gasteiger partial charge in [-0.1, -0.05) is 25.4 Å². The summed E-state index contributed by atoms with van der Waals surface area (Å²) in [6, 6.07) is 8.72. The molecule has 2 unspecified atom stereocenters. The predicted octanol–water partition coefficient (Wildman–Crippen LogP) is 4.47. The van der Waals surface area contributed by atoms with Gasteiger partial charge in [-0.15, -0.1) is 0 Å². The highest BCUT2D eigenvalue weighted by Gasteiger charge is 2.48. The maximum absolute atomic E-state index is 13.6. The molecule has 2 saturated heterocycles.